The summed E-state index contributed by atoms with van der Waals surface area (Å²) < 4.78 is 30.2. The fourth-order valence-corrected chi connectivity index (χ4v) is 7.73. The number of nitrogens with two attached hydrogens (primary N) is 1. The Balaban J connectivity index is 2.18. The van der Waals surface area contributed by atoms with Gasteiger partial charge in [-0.25, -0.2) is 15.0 Å². The zero-order valence-electron chi connectivity index (χ0n) is 28.6. The first-order chi connectivity index (χ1) is 18.3. The lowest BCUT2D eigenvalue weighted by Crippen LogP contribution is -2.54. The van der Waals surface area contributed by atoms with Crippen LogP contribution in [-0.2, 0) is 18.0 Å². The third kappa shape index (κ3) is 6.99. The minimum absolute atomic E-state index is 0.00497. The Bertz CT molecular complexity index is 1230. The molecule has 2 aromatic heterocycles. The number of fused-ring (bicyclic) bond motifs is 1. The van der Waals surface area contributed by atoms with E-state index in [9.17, 15) is 0 Å². The highest BCUT2D eigenvalue weighted by Gasteiger charge is 2.55. The van der Waals surface area contributed by atoms with E-state index in [2.05, 4.69) is 112 Å². The Hall–Kier alpha value is -1.16. The molecule has 41 heavy (non-hydrogen) atoms. The van der Waals surface area contributed by atoms with Crippen molar-refractivity contribution in [3.05, 3.63) is 12.2 Å². The molecule has 2 N–H and O–H groups in total. The molecule has 0 saturated carbocycles. The summed E-state index contributed by atoms with van der Waals surface area (Å²) in [5.74, 6) is 0.946. The maximum atomic E-state index is 7.25. The molecule has 234 valence electrons. The van der Waals surface area contributed by atoms with Crippen molar-refractivity contribution in [3.63, 3.8) is 0 Å². The van der Waals surface area contributed by atoms with E-state index in [1.54, 1.807) is 6.33 Å². The van der Waals surface area contributed by atoms with Crippen LogP contribution in [0.2, 0.25) is 54.4 Å². The molecule has 0 amide bonds. The van der Waals surface area contributed by atoms with Gasteiger partial charge >= 0.3 is 0 Å². The van der Waals surface area contributed by atoms with Crippen LogP contribution in [0.4, 0.5) is 5.82 Å². The van der Waals surface area contributed by atoms with Gasteiger partial charge in [0, 0.05) is 0 Å². The average molecular weight is 624 g/mol. The van der Waals surface area contributed by atoms with E-state index < -0.39 is 31.2 Å². The molecule has 3 heterocycles. The molecule has 9 nitrogen and oxygen atoms in total. The third-order valence-electron chi connectivity index (χ3n) is 10.0. The molecule has 4 atom stereocenters. The van der Waals surface area contributed by atoms with E-state index >= 15 is 0 Å². The van der Waals surface area contributed by atoms with E-state index in [4.69, 9.17) is 28.7 Å². The first kappa shape index (κ1) is 34.3. The zero-order valence-corrected chi connectivity index (χ0v) is 31.6. The molecule has 0 bridgehead atoms. The SMILES string of the molecule is Cc1nc(N)c2ncn(C3O[C@H](CO[Si](C)(C)C(C)(C)C)[C@@H](O[Si](C)(C)C(C)(C)C)[C@H]3O[Si](C)(C)C(C)(C)C)c2n1. The Morgan fingerprint density at radius 1 is 0.805 bits per heavy atom. The van der Waals surface area contributed by atoms with Gasteiger partial charge in [-0.2, -0.15) is 0 Å². The molecule has 1 unspecified atom stereocenters. The predicted octanol–water partition coefficient (Wildman–Crippen LogP) is 7.42. The van der Waals surface area contributed by atoms with Gasteiger partial charge in [-0.1, -0.05) is 62.3 Å². The molecule has 3 rings (SSSR count). The van der Waals surface area contributed by atoms with E-state index in [1.807, 2.05) is 11.5 Å². The van der Waals surface area contributed by atoms with Crippen LogP contribution >= 0.6 is 0 Å². The number of hydrogen-bond acceptors (Lipinski definition) is 8. The van der Waals surface area contributed by atoms with Gasteiger partial charge in [-0.15, -0.1) is 0 Å². The number of hydrogen-bond donors (Lipinski definition) is 1. The lowest BCUT2D eigenvalue weighted by Gasteiger charge is -2.44. The van der Waals surface area contributed by atoms with Crippen molar-refractivity contribution in [2.45, 2.75) is 148 Å². The molecule has 0 aromatic carbocycles. The average Bonchev–Trinajstić information content (AvgIpc) is 3.31. The third-order valence-corrected chi connectivity index (χ3v) is 23.5. The second-order valence-electron chi connectivity index (χ2n) is 16.3. The van der Waals surface area contributed by atoms with Crippen LogP contribution < -0.4 is 5.73 Å². The lowest BCUT2D eigenvalue weighted by molar-refractivity contribution is -0.0470. The molecule has 2 aromatic rings. The van der Waals surface area contributed by atoms with Crippen LogP contribution in [0, 0.1) is 6.92 Å². The van der Waals surface area contributed by atoms with Crippen LogP contribution in [0.1, 0.15) is 74.4 Å². The highest BCUT2D eigenvalue weighted by Crippen LogP contribution is 2.47. The second-order valence-corrected chi connectivity index (χ2v) is 30.6. The fourth-order valence-electron chi connectivity index (χ4n) is 4.11. The molecule has 0 spiro atoms. The van der Waals surface area contributed by atoms with Gasteiger partial charge in [0.05, 0.1) is 12.9 Å². The minimum Gasteiger partial charge on any atom is -0.414 e. The first-order valence-corrected chi connectivity index (χ1v) is 23.6. The zero-order chi connectivity index (χ0) is 31.6. The Morgan fingerprint density at radius 3 is 1.78 bits per heavy atom. The molecule has 1 aliphatic heterocycles. The van der Waals surface area contributed by atoms with Crippen LogP contribution in [-0.4, -0.2) is 69.4 Å². The van der Waals surface area contributed by atoms with Crippen LogP contribution in [0.15, 0.2) is 6.33 Å². The van der Waals surface area contributed by atoms with Crippen LogP contribution in [0.25, 0.3) is 11.2 Å². The number of aryl methyl sites for hydroxylation is 1. The number of nitrogens with zero attached hydrogens (tertiary/aromatic N) is 4. The Morgan fingerprint density at radius 2 is 1.29 bits per heavy atom. The van der Waals surface area contributed by atoms with Crippen LogP contribution in [0.5, 0.6) is 0 Å². The van der Waals surface area contributed by atoms with E-state index in [-0.39, 0.29) is 33.4 Å². The number of rotatable bonds is 8. The van der Waals surface area contributed by atoms with Crippen LogP contribution in [0.3, 0.4) is 0 Å². The van der Waals surface area contributed by atoms with Gasteiger partial charge in [0.25, 0.3) is 0 Å². The van der Waals surface area contributed by atoms with Gasteiger partial charge in [-0.05, 0) is 61.3 Å². The van der Waals surface area contributed by atoms with Gasteiger partial charge in [0.2, 0.25) is 0 Å². The maximum absolute atomic E-state index is 7.25. The summed E-state index contributed by atoms with van der Waals surface area (Å²) in [7, 11) is -6.55. The van der Waals surface area contributed by atoms with Gasteiger partial charge in [0.1, 0.15) is 29.7 Å². The summed E-state index contributed by atoms with van der Waals surface area (Å²) in [6.45, 7) is 36.3. The first-order valence-electron chi connectivity index (χ1n) is 14.9. The van der Waals surface area contributed by atoms with Crippen molar-refractivity contribution in [2.24, 2.45) is 0 Å². The summed E-state index contributed by atoms with van der Waals surface area (Å²) in [6.07, 6.45) is 0.216. The number of imidazole rings is 1. The molecule has 0 radical (unpaired) electrons. The van der Waals surface area contributed by atoms with Crippen molar-refractivity contribution in [2.75, 3.05) is 12.3 Å². The quantitative estimate of drug-likeness (QED) is 0.303. The normalized spacial score (nSPS) is 23.5. The van der Waals surface area contributed by atoms with Crippen molar-refractivity contribution < 1.29 is 18.0 Å². The number of anilines is 1. The smallest absolute Gasteiger partial charge is 0.192 e. The van der Waals surface area contributed by atoms with Gasteiger partial charge in [-0.3, -0.25) is 4.57 Å². The van der Waals surface area contributed by atoms with Crippen molar-refractivity contribution >= 4 is 41.9 Å². The summed E-state index contributed by atoms with van der Waals surface area (Å²) in [4.78, 5) is 13.7. The summed E-state index contributed by atoms with van der Waals surface area (Å²) in [5.41, 5.74) is 7.46. The van der Waals surface area contributed by atoms with Gasteiger partial charge in [0.15, 0.2) is 42.6 Å². The molecular weight excluding hydrogens is 567 g/mol. The summed E-state index contributed by atoms with van der Waals surface area (Å²) in [5, 5.41) is 0.0806. The highest BCUT2D eigenvalue weighted by atomic mass is 28.4. The summed E-state index contributed by atoms with van der Waals surface area (Å²) in [6, 6.07) is 0. The monoisotopic (exact) mass is 623 g/mol. The van der Waals surface area contributed by atoms with Crippen molar-refractivity contribution in [3.8, 4) is 0 Å². The number of nitrogen functional groups attached to an aromatic ring is 1. The molecule has 1 saturated heterocycles. The fraction of sp³-hybridized carbons (Fsp3) is 0.828. The number of ether oxygens (including phenoxy) is 1. The molecule has 12 heteroatoms. The number of aromatic nitrogens is 4. The standard InChI is InChI=1S/C29H57N5O4Si3/c1-19-32-24(30)21-25(33-19)34(18-31-21)26-23(38-41(15,16)29(8,9)10)22(37-40(13,14)28(5,6)7)20(36-26)17-35-39(11,12)27(2,3)4/h18,20,22-23,26H,17H2,1-16H3,(H2,30,32,33)/t20-,22-,23-,26?/m1/s1. The minimum atomic E-state index is -2.26. The summed E-state index contributed by atoms with van der Waals surface area (Å²) >= 11 is 0. The Kier molecular flexibility index (Phi) is 9.28. The van der Waals surface area contributed by atoms with Crippen molar-refractivity contribution in [1.29, 1.82) is 0 Å². The molecule has 1 aliphatic rings. The topological polar surface area (TPSA) is 107 Å². The van der Waals surface area contributed by atoms with E-state index in [0.29, 0.717) is 29.4 Å². The maximum Gasteiger partial charge on any atom is 0.192 e. The van der Waals surface area contributed by atoms with Gasteiger partial charge < -0.3 is 23.7 Å². The largest absolute Gasteiger partial charge is 0.414 e. The molecular formula is C29H57N5O4Si3. The van der Waals surface area contributed by atoms with E-state index in [0.717, 1.165) is 0 Å². The van der Waals surface area contributed by atoms with E-state index in [1.165, 1.54) is 0 Å². The lowest BCUT2D eigenvalue weighted by atomic mass is 10.1. The molecule has 1 fully saturated rings. The Labute approximate surface area is 251 Å². The van der Waals surface area contributed by atoms with Crippen molar-refractivity contribution in [1.82, 2.24) is 19.5 Å². The highest BCUT2D eigenvalue weighted by molar-refractivity contribution is 6.75. The molecule has 0 aliphatic carbocycles. The second kappa shape index (κ2) is 11.1. The predicted molar refractivity (Wildman–Crippen MR) is 176 cm³/mol.